The van der Waals surface area contributed by atoms with Crippen molar-refractivity contribution in [3.63, 3.8) is 0 Å². The molecular formula is C22H26N4O2. The predicted molar refractivity (Wildman–Crippen MR) is 110 cm³/mol. The largest absolute Gasteiger partial charge is 0.378 e. The lowest BCUT2D eigenvalue weighted by molar-refractivity contribution is 0.0819. The normalized spacial score (nSPS) is 15.7. The Balaban J connectivity index is 1.71. The molecule has 0 radical (unpaired) electrons. The number of nitriles is 1. The highest BCUT2D eigenvalue weighted by Crippen LogP contribution is 2.18. The molecule has 6 heteroatoms. The zero-order chi connectivity index (χ0) is 19.9. The summed E-state index contributed by atoms with van der Waals surface area (Å²) in [5.41, 5.74) is 3.43. The predicted octanol–water partition coefficient (Wildman–Crippen LogP) is 3.84. The zero-order valence-corrected chi connectivity index (χ0v) is 16.4. The highest BCUT2D eigenvalue weighted by Gasteiger charge is 2.23. The molecule has 1 saturated heterocycles. The molecule has 1 unspecified atom stereocenters. The van der Waals surface area contributed by atoms with Gasteiger partial charge in [-0.2, -0.15) is 5.26 Å². The summed E-state index contributed by atoms with van der Waals surface area (Å²) in [6, 6.07) is 17.0. The number of rotatable bonds is 6. The summed E-state index contributed by atoms with van der Waals surface area (Å²) in [6.07, 6.45) is 2.08. The van der Waals surface area contributed by atoms with Crippen molar-refractivity contribution < 1.29 is 9.53 Å². The van der Waals surface area contributed by atoms with E-state index in [4.69, 9.17) is 10.00 Å². The van der Waals surface area contributed by atoms with Crippen LogP contribution in [0.25, 0.3) is 0 Å². The van der Waals surface area contributed by atoms with Gasteiger partial charge in [-0.3, -0.25) is 0 Å². The van der Waals surface area contributed by atoms with Gasteiger partial charge in [0.25, 0.3) is 0 Å². The average molecular weight is 378 g/mol. The molecule has 1 aliphatic heterocycles. The molecule has 28 heavy (non-hydrogen) atoms. The third-order valence-corrected chi connectivity index (χ3v) is 4.83. The average Bonchev–Trinajstić information content (AvgIpc) is 3.21. The Hall–Kier alpha value is -3.04. The van der Waals surface area contributed by atoms with Gasteiger partial charge < -0.3 is 19.9 Å². The highest BCUT2D eigenvalue weighted by molar-refractivity contribution is 5.89. The van der Waals surface area contributed by atoms with Crippen molar-refractivity contribution in [2.75, 3.05) is 37.5 Å². The molecule has 0 spiro atoms. The second kappa shape index (κ2) is 9.25. The SMILES string of the molecule is CN(C)c1ccc(CN(CC2CCCO2)C(=O)Nc2ccc(C#N)cc2)cc1. The van der Waals surface area contributed by atoms with Crippen LogP contribution in [0.1, 0.15) is 24.0 Å². The first kappa shape index (κ1) is 19.7. The molecule has 146 valence electrons. The fourth-order valence-corrected chi connectivity index (χ4v) is 3.20. The lowest BCUT2D eigenvalue weighted by atomic mass is 10.1. The summed E-state index contributed by atoms with van der Waals surface area (Å²) in [5, 5.41) is 11.8. The van der Waals surface area contributed by atoms with Crippen molar-refractivity contribution in [3.8, 4) is 6.07 Å². The first-order valence-corrected chi connectivity index (χ1v) is 9.49. The zero-order valence-electron chi connectivity index (χ0n) is 16.4. The van der Waals surface area contributed by atoms with Gasteiger partial charge in [-0.15, -0.1) is 0 Å². The van der Waals surface area contributed by atoms with Crippen LogP contribution in [0.2, 0.25) is 0 Å². The first-order valence-electron chi connectivity index (χ1n) is 9.49. The first-order chi connectivity index (χ1) is 13.5. The fourth-order valence-electron chi connectivity index (χ4n) is 3.20. The quantitative estimate of drug-likeness (QED) is 0.829. The number of carbonyl (C=O) groups excluding carboxylic acids is 1. The van der Waals surface area contributed by atoms with Gasteiger partial charge in [0.15, 0.2) is 0 Å². The molecule has 2 amide bonds. The maximum Gasteiger partial charge on any atom is 0.322 e. The van der Waals surface area contributed by atoms with E-state index in [1.165, 1.54) is 0 Å². The van der Waals surface area contributed by atoms with Crippen molar-refractivity contribution in [2.24, 2.45) is 0 Å². The minimum Gasteiger partial charge on any atom is -0.378 e. The molecular weight excluding hydrogens is 352 g/mol. The molecule has 1 aliphatic rings. The van der Waals surface area contributed by atoms with Crippen LogP contribution < -0.4 is 10.2 Å². The Bertz CT molecular complexity index is 819. The number of nitrogens with zero attached hydrogens (tertiary/aromatic N) is 3. The minimum absolute atomic E-state index is 0.0766. The topological polar surface area (TPSA) is 68.6 Å². The molecule has 3 rings (SSSR count). The standard InChI is InChI=1S/C22H26N4O2/c1-25(2)20-11-7-18(8-12-20)15-26(16-21-4-3-13-28-21)22(27)24-19-9-5-17(14-23)6-10-19/h5-12,21H,3-4,13,15-16H2,1-2H3,(H,24,27). The smallest absolute Gasteiger partial charge is 0.322 e. The van der Waals surface area contributed by atoms with E-state index in [-0.39, 0.29) is 12.1 Å². The number of amides is 2. The van der Waals surface area contributed by atoms with Crippen LogP contribution in [0, 0.1) is 11.3 Å². The van der Waals surface area contributed by atoms with E-state index < -0.39 is 0 Å². The summed E-state index contributed by atoms with van der Waals surface area (Å²) in [7, 11) is 4.01. The van der Waals surface area contributed by atoms with E-state index in [0.29, 0.717) is 24.3 Å². The van der Waals surface area contributed by atoms with Crippen molar-refractivity contribution in [1.82, 2.24) is 4.90 Å². The second-order valence-electron chi connectivity index (χ2n) is 7.20. The van der Waals surface area contributed by atoms with Crippen LogP contribution in [0.3, 0.4) is 0 Å². The van der Waals surface area contributed by atoms with Gasteiger partial charge in [-0.25, -0.2) is 4.79 Å². The Kier molecular flexibility index (Phi) is 6.51. The Morgan fingerprint density at radius 1 is 1.18 bits per heavy atom. The number of ether oxygens (including phenoxy) is 1. The molecule has 2 aromatic rings. The summed E-state index contributed by atoms with van der Waals surface area (Å²) in [5.74, 6) is 0. The van der Waals surface area contributed by atoms with E-state index in [1.807, 2.05) is 31.1 Å². The number of hydrogen-bond acceptors (Lipinski definition) is 4. The maximum atomic E-state index is 12.9. The van der Waals surface area contributed by atoms with Crippen molar-refractivity contribution in [2.45, 2.75) is 25.5 Å². The van der Waals surface area contributed by atoms with Crippen LogP contribution in [-0.4, -0.2) is 44.3 Å². The van der Waals surface area contributed by atoms with Gasteiger partial charge in [-0.05, 0) is 54.8 Å². The molecule has 1 N–H and O–H groups in total. The van der Waals surface area contributed by atoms with Gasteiger partial charge in [0, 0.05) is 45.2 Å². The molecule has 1 heterocycles. The number of anilines is 2. The summed E-state index contributed by atoms with van der Waals surface area (Å²) in [6.45, 7) is 1.82. The molecule has 1 fully saturated rings. The number of urea groups is 1. The van der Waals surface area contributed by atoms with Gasteiger partial charge in [0.2, 0.25) is 0 Å². The van der Waals surface area contributed by atoms with Crippen LogP contribution in [0.5, 0.6) is 0 Å². The molecule has 2 aromatic carbocycles. The van der Waals surface area contributed by atoms with Gasteiger partial charge in [0.1, 0.15) is 0 Å². The summed E-state index contributed by atoms with van der Waals surface area (Å²) >= 11 is 0. The van der Waals surface area contributed by atoms with Crippen LogP contribution in [-0.2, 0) is 11.3 Å². The molecule has 1 atom stereocenters. The molecule has 0 bridgehead atoms. The summed E-state index contributed by atoms with van der Waals surface area (Å²) < 4.78 is 5.74. The van der Waals surface area contributed by atoms with E-state index in [0.717, 1.165) is 30.7 Å². The van der Waals surface area contributed by atoms with Crippen molar-refractivity contribution in [1.29, 1.82) is 5.26 Å². The number of benzene rings is 2. The van der Waals surface area contributed by atoms with Gasteiger partial charge in [-0.1, -0.05) is 12.1 Å². The maximum absolute atomic E-state index is 12.9. The summed E-state index contributed by atoms with van der Waals surface area (Å²) in [4.78, 5) is 16.8. The van der Waals surface area contributed by atoms with E-state index in [2.05, 4.69) is 23.5 Å². The van der Waals surface area contributed by atoms with Crippen molar-refractivity contribution in [3.05, 3.63) is 59.7 Å². The van der Waals surface area contributed by atoms with E-state index in [1.54, 1.807) is 29.2 Å². The van der Waals surface area contributed by atoms with Crippen molar-refractivity contribution >= 4 is 17.4 Å². The van der Waals surface area contributed by atoms with Crippen LogP contribution >= 0.6 is 0 Å². The highest BCUT2D eigenvalue weighted by atomic mass is 16.5. The van der Waals surface area contributed by atoms with E-state index in [9.17, 15) is 4.79 Å². The Morgan fingerprint density at radius 3 is 2.46 bits per heavy atom. The number of hydrogen-bond donors (Lipinski definition) is 1. The third kappa shape index (κ3) is 5.24. The van der Waals surface area contributed by atoms with E-state index >= 15 is 0 Å². The molecule has 6 nitrogen and oxygen atoms in total. The Morgan fingerprint density at radius 2 is 1.89 bits per heavy atom. The Labute approximate surface area is 166 Å². The van der Waals surface area contributed by atoms with Crippen LogP contribution in [0.15, 0.2) is 48.5 Å². The molecule has 0 saturated carbocycles. The lowest BCUT2D eigenvalue weighted by Crippen LogP contribution is -2.39. The minimum atomic E-state index is -0.170. The van der Waals surface area contributed by atoms with Gasteiger partial charge >= 0.3 is 6.03 Å². The molecule has 0 aromatic heterocycles. The third-order valence-electron chi connectivity index (χ3n) is 4.83. The second-order valence-corrected chi connectivity index (χ2v) is 7.20. The lowest BCUT2D eigenvalue weighted by Gasteiger charge is -2.26. The number of carbonyl (C=O) groups is 1. The van der Waals surface area contributed by atoms with Crippen LogP contribution in [0.4, 0.5) is 16.2 Å². The number of nitrogens with one attached hydrogen (secondary N) is 1. The van der Waals surface area contributed by atoms with Gasteiger partial charge in [0.05, 0.1) is 17.7 Å². The fraction of sp³-hybridized carbons (Fsp3) is 0.364. The molecule has 0 aliphatic carbocycles. The monoisotopic (exact) mass is 378 g/mol.